The molecule has 8 heteroatoms. The lowest BCUT2D eigenvalue weighted by Gasteiger charge is -2.10. The molecule has 2 aromatic carbocycles. The van der Waals surface area contributed by atoms with Gasteiger partial charge in [0.2, 0.25) is 0 Å². The summed E-state index contributed by atoms with van der Waals surface area (Å²) < 4.78 is 31.3. The third kappa shape index (κ3) is 3.26. The molecular formula is C18H17F2N3O3. The minimum absolute atomic E-state index is 0.0623. The molecule has 0 aliphatic heterocycles. The van der Waals surface area contributed by atoms with Crippen LogP contribution in [0.2, 0.25) is 0 Å². The predicted octanol–water partition coefficient (Wildman–Crippen LogP) is 4.60. The number of nitrogens with two attached hydrogens (primary N) is 1. The smallest absolute Gasteiger partial charge is 0.409 e. The molecule has 4 N–H and O–H groups in total. The average molecular weight is 361 g/mol. The Kier molecular flexibility index (Phi) is 4.66. The molecule has 1 aromatic heterocycles. The minimum Gasteiger partial charge on any atom is -0.465 e. The molecule has 3 rings (SSSR count). The average Bonchev–Trinajstić information content (AvgIpc) is 2.86. The molecule has 0 aliphatic rings. The third-order valence-corrected chi connectivity index (χ3v) is 4.03. The Balaban J connectivity index is 2.10. The highest BCUT2D eigenvalue weighted by Crippen LogP contribution is 2.38. The van der Waals surface area contributed by atoms with Gasteiger partial charge in [-0.1, -0.05) is 12.1 Å². The zero-order valence-electron chi connectivity index (χ0n) is 13.9. The van der Waals surface area contributed by atoms with Crippen molar-refractivity contribution in [2.75, 3.05) is 11.1 Å². The van der Waals surface area contributed by atoms with E-state index in [-0.39, 0.29) is 5.75 Å². The fraction of sp³-hybridized carbons (Fsp3) is 0.167. The quantitative estimate of drug-likeness (QED) is 0.619. The number of hydrogen-bond donors (Lipinski definition) is 3. The summed E-state index contributed by atoms with van der Waals surface area (Å²) in [5, 5.41) is 11.8. The van der Waals surface area contributed by atoms with Crippen LogP contribution in [-0.4, -0.2) is 22.4 Å². The van der Waals surface area contributed by atoms with E-state index in [0.29, 0.717) is 23.4 Å². The molecule has 1 heterocycles. The predicted molar refractivity (Wildman–Crippen MR) is 95.7 cm³/mol. The van der Waals surface area contributed by atoms with E-state index in [1.165, 1.54) is 12.1 Å². The number of halogens is 2. The first-order chi connectivity index (χ1) is 12.4. The Labute approximate surface area is 147 Å². The van der Waals surface area contributed by atoms with Crippen LogP contribution in [0.4, 0.5) is 25.0 Å². The summed E-state index contributed by atoms with van der Waals surface area (Å²) in [4.78, 5) is 10.7. The van der Waals surface area contributed by atoms with Gasteiger partial charge in [0.05, 0.1) is 16.9 Å². The molecule has 0 saturated heterocycles. The number of nitrogen functional groups attached to an aromatic ring is 1. The topological polar surface area (TPSA) is 89.5 Å². The second-order valence-electron chi connectivity index (χ2n) is 5.57. The highest BCUT2D eigenvalue weighted by atomic mass is 19.3. The van der Waals surface area contributed by atoms with Crippen molar-refractivity contribution >= 4 is 28.4 Å². The first-order valence-corrected chi connectivity index (χ1v) is 7.87. The van der Waals surface area contributed by atoms with Gasteiger partial charge in [-0.05, 0) is 31.2 Å². The van der Waals surface area contributed by atoms with E-state index >= 15 is 0 Å². The van der Waals surface area contributed by atoms with Gasteiger partial charge in [-0.3, -0.25) is 5.32 Å². The monoisotopic (exact) mass is 361 g/mol. The fourth-order valence-electron chi connectivity index (χ4n) is 3.01. The van der Waals surface area contributed by atoms with Gasteiger partial charge in [-0.15, -0.1) is 0 Å². The standard InChI is InChI=1S/C18H17F2N3O3/c1-2-23-14-9-12(26-17(19)20)7-8-13(14)15(21)16(23)10-3-5-11(6-4-10)22-18(24)25/h3-9,17,22H,2,21H2,1H3,(H,24,25). The lowest BCUT2D eigenvalue weighted by Crippen LogP contribution is -2.06. The Morgan fingerprint density at radius 1 is 1.27 bits per heavy atom. The second-order valence-corrected chi connectivity index (χ2v) is 5.57. The number of aromatic nitrogens is 1. The fourth-order valence-corrected chi connectivity index (χ4v) is 3.01. The first kappa shape index (κ1) is 17.5. The number of hydrogen-bond acceptors (Lipinski definition) is 3. The molecule has 0 atom stereocenters. The van der Waals surface area contributed by atoms with Gasteiger partial charge in [0.25, 0.3) is 0 Å². The SMILES string of the molecule is CCn1c(-c2ccc(NC(=O)O)cc2)c(N)c2ccc(OC(F)F)cc21. The number of ether oxygens (including phenoxy) is 1. The van der Waals surface area contributed by atoms with Gasteiger partial charge in [-0.2, -0.15) is 8.78 Å². The van der Waals surface area contributed by atoms with Crippen LogP contribution in [0.15, 0.2) is 42.5 Å². The second kappa shape index (κ2) is 6.91. The molecule has 0 fully saturated rings. The molecule has 0 bridgehead atoms. The number of carboxylic acid groups (broad SMARTS) is 1. The zero-order valence-corrected chi connectivity index (χ0v) is 13.9. The first-order valence-electron chi connectivity index (χ1n) is 7.87. The Hall–Kier alpha value is -3.29. The van der Waals surface area contributed by atoms with Crippen molar-refractivity contribution in [1.29, 1.82) is 0 Å². The summed E-state index contributed by atoms with van der Waals surface area (Å²) >= 11 is 0. The van der Waals surface area contributed by atoms with Gasteiger partial charge in [0, 0.05) is 29.2 Å². The Morgan fingerprint density at radius 3 is 2.54 bits per heavy atom. The Morgan fingerprint density at radius 2 is 1.96 bits per heavy atom. The number of anilines is 2. The normalized spacial score (nSPS) is 11.1. The molecule has 3 aromatic rings. The van der Waals surface area contributed by atoms with Crippen molar-refractivity contribution in [3.8, 4) is 17.0 Å². The molecule has 26 heavy (non-hydrogen) atoms. The van der Waals surface area contributed by atoms with Crippen LogP contribution in [0.5, 0.6) is 5.75 Å². The summed E-state index contributed by atoms with van der Waals surface area (Å²) in [5.74, 6) is 0.0623. The molecular weight excluding hydrogens is 344 g/mol. The van der Waals surface area contributed by atoms with E-state index in [4.69, 9.17) is 10.8 Å². The molecule has 6 nitrogen and oxygen atoms in total. The molecule has 0 saturated carbocycles. The molecule has 136 valence electrons. The largest absolute Gasteiger partial charge is 0.465 e. The van der Waals surface area contributed by atoms with Crippen LogP contribution >= 0.6 is 0 Å². The minimum atomic E-state index is -2.90. The van der Waals surface area contributed by atoms with Gasteiger partial charge in [0.15, 0.2) is 0 Å². The zero-order chi connectivity index (χ0) is 18.8. The van der Waals surface area contributed by atoms with Gasteiger partial charge >= 0.3 is 12.7 Å². The van der Waals surface area contributed by atoms with Crippen LogP contribution in [0, 0.1) is 0 Å². The van der Waals surface area contributed by atoms with Crippen LogP contribution in [0.3, 0.4) is 0 Å². The molecule has 0 radical (unpaired) electrons. The van der Waals surface area contributed by atoms with Gasteiger partial charge in [-0.25, -0.2) is 4.79 Å². The maximum atomic E-state index is 12.5. The van der Waals surface area contributed by atoms with E-state index in [1.807, 2.05) is 11.5 Å². The van der Waals surface area contributed by atoms with Crippen LogP contribution in [0.25, 0.3) is 22.2 Å². The lowest BCUT2D eigenvalue weighted by atomic mass is 10.1. The number of carbonyl (C=O) groups is 1. The maximum Gasteiger partial charge on any atom is 0.409 e. The number of rotatable bonds is 5. The van der Waals surface area contributed by atoms with Crippen LogP contribution < -0.4 is 15.8 Å². The van der Waals surface area contributed by atoms with E-state index in [9.17, 15) is 13.6 Å². The highest BCUT2D eigenvalue weighted by molar-refractivity contribution is 6.01. The molecule has 0 aliphatic carbocycles. The Bertz CT molecular complexity index is 952. The van der Waals surface area contributed by atoms with Gasteiger partial charge in [0.1, 0.15) is 5.75 Å². The summed E-state index contributed by atoms with van der Waals surface area (Å²) in [5.41, 5.74) is 9.46. The molecule has 0 spiro atoms. The van der Waals surface area contributed by atoms with Crippen molar-refractivity contribution in [2.45, 2.75) is 20.1 Å². The van der Waals surface area contributed by atoms with Crippen LogP contribution in [0.1, 0.15) is 6.92 Å². The van der Waals surface area contributed by atoms with Gasteiger partial charge < -0.3 is 20.1 Å². The number of nitrogens with zero attached hydrogens (tertiary/aromatic N) is 1. The van der Waals surface area contributed by atoms with E-state index in [0.717, 1.165) is 16.6 Å². The maximum absolute atomic E-state index is 12.5. The van der Waals surface area contributed by atoms with Crippen molar-refractivity contribution in [3.05, 3.63) is 42.5 Å². The van der Waals surface area contributed by atoms with Crippen molar-refractivity contribution in [2.24, 2.45) is 0 Å². The van der Waals surface area contributed by atoms with Crippen molar-refractivity contribution in [3.63, 3.8) is 0 Å². The molecule has 0 unspecified atom stereocenters. The summed E-state index contributed by atoms with van der Waals surface area (Å²) in [7, 11) is 0. The van der Waals surface area contributed by atoms with E-state index in [1.54, 1.807) is 30.3 Å². The third-order valence-electron chi connectivity index (χ3n) is 4.03. The summed E-state index contributed by atoms with van der Waals surface area (Å²) in [6, 6.07) is 11.4. The number of amides is 1. The van der Waals surface area contributed by atoms with Crippen molar-refractivity contribution in [1.82, 2.24) is 4.57 Å². The summed E-state index contributed by atoms with van der Waals surface area (Å²) in [6.07, 6.45) is -1.15. The van der Waals surface area contributed by atoms with Crippen molar-refractivity contribution < 1.29 is 23.4 Å². The lowest BCUT2D eigenvalue weighted by molar-refractivity contribution is -0.0497. The molecule has 1 amide bonds. The number of aryl methyl sites for hydroxylation is 1. The summed E-state index contributed by atoms with van der Waals surface area (Å²) in [6.45, 7) is -0.414. The highest BCUT2D eigenvalue weighted by Gasteiger charge is 2.17. The number of nitrogens with one attached hydrogen (secondary N) is 1. The van der Waals surface area contributed by atoms with E-state index in [2.05, 4.69) is 10.1 Å². The number of alkyl halides is 2. The number of fused-ring (bicyclic) bond motifs is 1. The van der Waals surface area contributed by atoms with E-state index < -0.39 is 12.7 Å². The van der Waals surface area contributed by atoms with Crippen LogP contribution in [-0.2, 0) is 6.54 Å². The number of benzene rings is 2.